The van der Waals surface area contributed by atoms with Crippen molar-refractivity contribution >= 4 is 28.6 Å². The maximum absolute atomic E-state index is 12.4. The van der Waals surface area contributed by atoms with Crippen LogP contribution in [-0.4, -0.2) is 27.5 Å². The zero-order valence-corrected chi connectivity index (χ0v) is 19.2. The first-order valence-corrected chi connectivity index (χ1v) is 11.2. The molecule has 0 aliphatic heterocycles. The largest absolute Gasteiger partial charge is 0.461 e. The highest BCUT2D eigenvalue weighted by molar-refractivity contribution is 6.37. The number of hydrogen-bond donors (Lipinski definition) is 1. The fourth-order valence-corrected chi connectivity index (χ4v) is 3.82. The minimum absolute atomic E-state index is 0.0547. The molecule has 0 fully saturated rings. The van der Waals surface area contributed by atoms with Gasteiger partial charge in [0.2, 0.25) is 5.78 Å². The van der Waals surface area contributed by atoms with Crippen LogP contribution in [-0.2, 0) is 38.6 Å². The average molecular weight is 466 g/mol. The van der Waals surface area contributed by atoms with Crippen molar-refractivity contribution in [1.82, 2.24) is 9.97 Å². The number of Topliss-reactive ketones (excluding diaryl/α,β-unsaturated/α-hetero) is 2. The standard InChI is InChI=1S/C28H23N3O4/c1-2-25(32)26(33)12-18-5-4-8-22(10-18)24-16-31-28-23(24)11-21(15-30-28)13-27(34)35-17-20-7-3-6-19(9-20)14-29/h3-11,15-16H,2,12-13,17H2,1H3,(H,30,31). The Bertz CT molecular complexity index is 1460. The number of ether oxygens (including phenoxy) is 1. The monoisotopic (exact) mass is 465 g/mol. The van der Waals surface area contributed by atoms with Crippen LogP contribution in [0.3, 0.4) is 0 Å². The average Bonchev–Trinajstić information content (AvgIpc) is 3.30. The number of fused-ring (bicyclic) bond motifs is 1. The molecule has 1 N–H and O–H groups in total. The van der Waals surface area contributed by atoms with Gasteiger partial charge in [-0.3, -0.25) is 14.4 Å². The molecule has 2 heterocycles. The lowest BCUT2D eigenvalue weighted by molar-refractivity contribution is -0.144. The van der Waals surface area contributed by atoms with Crippen molar-refractivity contribution in [2.24, 2.45) is 0 Å². The Labute approximate surface area is 202 Å². The van der Waals surface area contributed by atoms with Gasteiger partial charge in [0.1, 0.15) is 12.3 Å². The number of nitriles is 1. The summed E-state index contributed by atoms with van der Waals surface area (Å²) in [6.45, 7) is 1.76. The highest BCUT2D eigenvalue weighted by Crippen LogP contribution is 2.29. The molecule has 0 saturated heterocycles. The van der Waals surface area contributed by atoms with Gasteiger partial charge in [0.05, 0.1) is 18.1 Å². The van der Waals surface area contributed by atoms with Gasteiger partial charge in [-0.25, -0.2) is 4.98 Å². The molecule has 4 aromatic rings. The second-order valence-corrected chi connectivity index (χ2v) is 8.17. The Balaban J connectivity index is 1.49. The van der Waals surface area contributed by atoms with Crippen LogP contribution in [0.4, 0.5) is 0 Å². The van der Waals surface area contributed by atoms with Crippen LogP contribution in [0.5, 0.6) is 0 Å². The zero-order chi connectivity index (χ0) is 24.8. The number of H-pyrrole nitrogens is 1. The maximum Gasteiger partial charge on any atom is 0.310 e. The second kappa shape index (κ2) is 10.6. The number of carbonyl (C=O) groups is 3. The summed E-state index contributed by atoms with van der Waals surface area (Å²) in [4.78, 5) is 43.7. The summed E-state index contributed by atoms with van der Waals surface area (Å²) >= 11 is 0. The highest BCUT2D eigenvalue weighted by Gasteiger charge is 2.14. The van der Waals surface area contributed by atoms with Crippen LogP contribution in [0.2, 0.25) is 0 Å². The van der Waals surface area contributed by atoms with E-state index in [0.717, 1.165) is 27.6 Å². The summed E-state index contributed by atoms with van der Waals surface area (Å²) in [5.74, 6) is -1.17. The third-order valence-electron chi connectivity index (χ3n) is 5.63. The molecular weight excluding hydrogens is 442 g/mol. The number of rotatable bonds is 9. The number of benzene rings is 2. The molecule has 7 heteroatoms. The molecule has 2 aromatic heterocycles. The molecule has 0 atom stereocenters. The molecule has 4 rings (SSSR count). The van der Waals surface area contributed by atoms with Crippen LogP contribution in [0, 0.1) is 11.3 Å². The highest BCUT2D eigenvalue weighted by atomic mass is 16.5. The molecule has 7 nitrogen and oxygen atoms in total. The van der Waals surface area contributed by atoms with E-state index in [1.54, 1.807) is 37.4 Å². The van der Waals surface area contributed by atoms with Gasteiger partial charge in [-0.15, -0.1) is 0 Å². The van der Waals surface area contributed by atoms with E-state index in [4.69, 9.17) is 10.00 Å². The molecule has 0 saturated carbocycles. The van der Waals surface area contributed by atoms with E-state index in [1.165, 1.54) is 0 Å². The van der Waals surface area contributed by atoms with E-state index in [9.17, 15) is 14.4 Å². The third-order valence-corrected chi connectivity index (χ3v) is 5.63. The normalized spacial score (nSPS) is 10.6. The predicted molar refractivity (Wildman–Crippen MR) is 130 cm³/mol. The van der Waals surface area contributed by atoms with Crippen molar-refractivity contribution in [2.75, 3.05) is 0 Å². The SMILES string of the molecule is CCC(=O)C(=O)Cc1cccc(-c2c[nH]c3ncc(CC(=O)OCc4cccc(C#N)c4)cc23)c1. The lowest BCUT2D eigenvalue weighted by Crippen LogP contribution is -2.14. The lowest BCUT2D eigenvalue weighted by Gasteiger charge is -2.07. The minimum atomic E-state index is -0.398. The molecule has 0 spiro atoms. The van der Waals surface area contributed by atoms with Crippen LogP contribution in [0.1, 0.15) is 35.6 Å². The number of nitrogens with zero attached hydrogens (tertiary/aromatic N) is 2. The smallest absolute Gasteiger partial charge is 0.310 e. The van der Waals surface area contributed by atoms with Crippen LogP contribution in [0.25, 0.3) is 22.2 Å². The van der Waals surface area contributed by atoms with Crippen molar-refractivity contribution in [3.05, 3.63) is 89.2 Å². The number of ketones is 2. The maximum atomic E-state index is 12.4. The fraction of sp³-hybridized carbons (Fsp3) is 0.179. The minimum Gasteiger partial charge on any atom is -0.461 e. The van der Waals surface area contributed by atoms with E-state index >= 15 is 0 Å². The third kappa shape index (κ3) is 5.68. The lowest BCUT2D eigenvalue weighted by atomic mass is 9.99. The summed E-state index contributed by atoms with van der Waals surface area (Å²) < 4.78 is 5.38. The first-order chi connectivity index (χ1) is 17.0. The topological polar surface area (TPSA) is 113 Å². The molecule has 0 aliphatic carbocycles. The quantitative estimate of drug-likeness (QED) is 0.288. The summed E-state index contributed by atoms with van der Waals surface area (Å²) in [5, 5.41) is 9.84. The van der Waals surface area contributed by atoms with E-state index in [-0.39, 0.29) is 31.7 Å². The number of esters is 1. The van der Waals surface area contributed by atoms with Crippen molar-refractivity contribution < 1.29 is 19.1 Å². The Hall–Kier alpha value is -4.57. The Kier molecular flexibility index (Phi) is 7.12. The summed E-state index contributed by atoms with van der Waals surface area (Å²) in [6, 6.07) is 18.4. The fourth-order valence-electron chi connectivity index (χ4n) is 3.82. The Morgan fingerprint density at radius 3 is 2.57 bits per heavy atom. The predicted octanol–water partition coefficient (Wildman–Crippen LogP) is 4.48. The van der Waals surface area contributed by atoms with Gasteiger partial charge in [-0.05, 0) is 40.5 Å². The second-order valence-electron chi connectivity index (χ2n) is 8.17. The number of nitrogens with one attached hydrogen (secondary N) is 1. The van der Waals surface area contributed by atoms with Gasteiger partial charge in [0, 0.05) is 36.2 Å². The summed E-state index contributed by atoms with van der Waals surface area (Å²) in [5.41, 5.74) is 5.16. The number of carbonyl (C=O) groups excluding carboxylic acids is 3. The molecular formula is C28H23N3O4. The Morgan fingerprint density at radius 2 is 1.77 bits per heavy atom. The van der Waals surface area contributed by atoms with Crippen molar-refractivity contribution in [1.29, 1.82) is 5.26 Å². The number of pyridine rings is 1. The number of aromatic amines is 1. The van der Waals surface area contributed by atoms with Crippen LogP contribution >= 0.6 is 0 Å². The van der Waals surface area contributed by atoms with Crippen molar-refractivity contribution in [2.45, 2.75) is 32.8 Å². The van der Waals surface area contributed by atoms with Gasteiger partial charge >= 0.3 is 5.97 Å². The van der Waals surface area contributed by atoms with Crippen LogP contribution < -0.4 is 0 Å². The first kappa shape index (κ1) is 23.6. The van der Waals surface area contributed by atoms with Gasteiger partial charge in [-0.2, -0.15) is 5.26 Å². The first-order valence-electron chi connectivity index (χ1n) is 11.2. The number of hydrogen-bond acceptors (Lipinski definition) is 6. The van der Waals surface area contributed by atoms with Gasteiger partial charge in [-0.1, -0.05) is 43.3 Å². The molecule has 0 amide bonds. The van der Waals surface area contributed by atoms with Gasteiger partial charge < -0.3 is 9.72 Å². The van der Waals surface area contributed by atoms with Gasteiger partial charge in [0.25, 0.3) is 0 Å². The Morgan fingerprint density at radius 1 is 0.971 bits per heavy atom. The van der Waals surface area contributed by atoms with E-state index in [0.29, 0.717) is 16.8 Å². The van der Waals surface area contributed by atoms with E-state index < -0.39 is 11.8 Å². The molecule has 35 heavy (non-hydrogen) atoms. The molecule has 0 bridgehead atoms. The number of aromatic nitrogens is 2. The van der Waals surface area contributed by atoms with Crippen molar-refractivity contribution in [3.63, 3.8) is 0 Å². The molecule has 0 unspecified atom stereocenters. The van der Waals surface area contributed by atoms with E-state index in [1.807, 2.05) is 36.5 Å². The van der Waals surface area contributed by atoms with Crippen LogP contribution in [0.15, 0.2) is 67.0 Å². The van der Waals surface area contributed by atoms with Crippen molar-refractivity contribution in [3.8, 4) is 17.2 Å². The van der Waals surface area contributed by atoms with Gasteiger partial charge in [0.15, 0.2) is 5.78 Å². The summed E-state index contributed by atoms with van der Waals surface area (Å²) in [6.07, 6.45) is 3.78. The molecule has 0 aliphatic rings. The van der Waals surface area contributed by atoms with E-state index in [2.05, 4.69) is 16.0 Å². The molecule has 0 radical (unpaired) electrons. The molecule has 2 aromatic carbocycles. The zero-order valence-electron chi connectivity index (χ0n) is 19.2. The summed E-state index contributed by atoms with van der Waals surface area (Å²) in [7, 11) is 0. The molecule has 174 valence electrons.